The van der Waals surface area contributed by atoms with Crippen LogP contribution in [0.1, 0.15) is 6.42 Å². The molecule has 2 atom stereocenters. The molecule has 0 unspecified atom stereocenters. The smallest absolute Gasteiger partial charge is 0.307 e. The molecule has 1 aromatic heterocycles. The highest BCUT2D eigenvalue weighted by atomic mass is 79.9. The summed E-state index contributed by atoms with van der Waals surface area (Å²) in [5.74, 6) is -2.08. The zero-order valence-corrected chi connectivity index (χ0v) is 9.84. The highest BCUT2D eigenvalue weighted by molar-refractivity contribution is 9.11. The van der Waals surface area contributed by atoms with Crippen molar-refractivity contribution in [1.29, 1.82) is 0 Å². The van der Waals surface area contributed by atoms with Crippen LogP contribution in [0.4, 0.5) is 5.13 Å². The van der Waals surface area contributed by atoms with E-state index in [2.05, 4.69) is 26.2 Å². The second kappa shape index (κ2) is 3.90. The molecule has 1 saturated carbocycles. The molecule has 5 nitrogen and oxygen atoms in total. The fourth-order valence-corrected chi connectivity index (χ4v) is 2.38. The largest absolute Gasteiger partial charge is 0.481 e. The molecular formula is C8H7BrN2O3S. The predicted octanol–water partition coefficient (Wildman–Crippen LogP) is 1.56. The van der Waals surface area contributed by atoms with E-state index in [1.54, 1.807) is 6.20 Å². The number of hydrogen-bond acceptors (Lipinski definition) is 4. The number of carboxylic acid groups (broad SMARTS) is 1. The Kier molecular flexibility index (Phi) is 2.74. The summed E-state index contributed by atoms with van der Waals surface area (Å²) in [5.41, 5.74) is 0. The Morgan fingerprint density at radius 1 is 1.60 bits per heavy atom. The third kappa shape index (κ3) is 2.35. The topological polar surface area (TPSA) is 79.3 Å². The molecule has 0 aromatic carbocycles. The van der Waals surface area contributed by atoms with Gasteiger partial charge in [-0.2, -0.15) is 0 Å². The number of amides is 1. The van der Waals surface area contributed by atoms with E-state index in [9.17, 15) is 9.59 Å². The van der Waals surface area contributed by atoms with Crippen LogP contribution >= 0.6 is 27.3 Å². The van der Waals surface area contributed by atoms with Crippen LogP contribution in [0.25, 0.3) is 0 Å². The van der Waals surface area contributed by atoms with Crippen molar-refractivity contribution >= 4 is 44.3 Å². The number of aromatic nitrogens is 1. The molecule has 2 N–H and O–H groups in total. The molecule has 0 saturated heterocycles. The molecule has 7 heteroatoms. The molecule has 0 bridgehead atoms. The van der Waals surface area contributed by atoms with Crippen molar-refractivity contribution in [2.75, 3.05) is 5.32 Å². The first-order chi connectivity index (χ1) is 7.08. The molecular weight excluding hydrogens is 284 g/mol. The number of carbonyl (C=O) groups excluding carboxylic acids is 1. The molecule has 0 radical (unpaired) electrons. The first kappa shape index (κ1) is 10.6. The van der Waals surface area contributed by atoms with Gasteiger partial charge in [-0.3, -0.25) is 9.59 Å². The van der Waals surface area contributed by atoms with Crippen LogP contribution in [0.15, 0.2) is 9.98 Å². The average molecular weight is 291 g/mol. The molecule has 1 heterocycles. The fraction of sp³-hybridized carbons (Fsp3) is 0.375. The van der Waals surface area contributed by atoms with Gasteiger partial charge in [0.25, 0.3) is 0 Å². The molecule has 0 spiro atoms. The van der Waals surface area contributed by atoms with Gasteiger partial charge in [0.2, 0.25) is 5.91 Å². The molecule has 1 aromatic rings. The number of halogens is 1. The summed E-state index contributed by atoms with van der Waals surface area (Å²) in [5, 5.41) is 11.7. The van der Waals surface area contributed by atoms with Gasteiger partial charge < -0.3 is 10.4 Å². The van der Waals surface area contributed by atoms with Crippen LogP contribution in [0.3, 0.4) is 0 Å². The summed E-state index contributed by atoms with van der Waals surface area (Å²) in [6.45, 7) is 0. The standard InChI is InChI=1S/C8H7BrN2O3S/c9-5-2-10-8(15-5)11-6(12)3-1-4(3)7(13)14/h2-4H,1H2,(H,13,14)(H,10,11,12)/t3-,4-/m0/s1. The van der Waals surface area contributed by atoms with Crippen LogP contribution in [0.5, 0.6) is 0 Å². The van der Waals surface area contributed by atoms with E-state index in [1.165, 1.54) is 11.3 Å². The second-order valence-electron chi connectivity index (χ2n) is 3.25. The summed E-state index contributed by atoms with van der Waals surface area (Å²) in [7, 11) is 0. The van der Waals surface area contributed by atoms with Gasteiger partial charge in [-0.1, -0.05) is 11.3 Å². The fourth-order valence-electron chi connectivity index (χ4n) is 1.27. The summed E-state index contributed by atoms with van der Waals surface area (Å²) >= 11 is 4.52. The number of carbonyl (C=O) groups is 2. The minimum Gasteiger partial charge on any atom is -0.481 e. The highest BCUT2D eigenvalue weighted by Crippen LogP contribution is 2.39. The van der Waals surface area contributed by atoms with E-state index in [0.29, 0.717) is 11.6 Å². The molecule has 1 fully saturated rings. The van der Waals surface area contributed by atoms with Crippen LogP contribution < -0.4 is 5.32 Å². The molecule has 2 rings (SSSR count). The van der Waals surface area contributed by atoms with Gasteiger partial charge in [-0.15, -0.1) is 0 Å². The Bertz CT molecular complexity index is 420. The first-order valence-electron chi connectivity index (χ1n) is 4.23. The third-order valence-corrected chi connectivity index (χ3v) is 3.54. The van der Waals surface area contributed by atoms with E-state index in [4.69, 9.17) is 5.11 Å². The normalized spacial score (nSPS) is 23.5. The van der Waals surface area contributed by atoms with Crippen LogP contribution in [0.2, 0.25) is 0 Å². The summed E-state index contributed by atoms with van der Waals surface area (Å²) in [6, 6.07) is 0. The van der Waals surface area contributed by atoms with Gasteiger partial charge in [0.1, 0.15) is 0 Å². The number of nitrogens with one attached hydrogen (secondary N) is 1. The Hall–Kier alpha value is -0.950. The Balaban J connectivity index is 1.92. The zero-order chi connectivity index (χ0) is 11.0. The minimum atomic E-state index is -0.907. The predicted molar refractivity (Wildman–Crippen MR) is 57.7 cm³/mol. The average Bonchev–Trinajstić information content (AvgIpc) is 2.86. The number of rotatable bonds is 3. The van der Waals surface area contributed by atoms with Crippen molar-refractivity contribution in [1.82, 2.24) is 4.98 Å². The maximum Gasteiger partial charge on any atom is 0.307 e. The van der Waals surface area contributed by atoms with E-state index in [-0.39, 0.29) is 5.91 Å². The van der Waals surface area contributed by atoms with E-state index >= 15 is 0 Å². The summed E-state index contributed by atoms with van der Waals surface area (Å²) in [4.78, 5) is 25.9. The number of anilines is 1. The van der Waals surface area contributed by atoms with E-state index in [1.807, 2.05) is 0 Å². The van der Waals surface area contributed by atoms with Crippen LogP contribution in [0, 0.1) is 11.8 Å². The maximum absolute atomic E-state index is 11.5. The summed E-state index contributed by atoms with van der Waals surface area (Å²) < 4.78 is 0.823. The lowest BCUT2D eigenvalue weighted by Gasteiger charge is -1.98. The number of hydrogen-bond donors (Lipinski definition) is 2. The van der Waals surface area contributed by atoms with Gasteiger partial charge in [-0.25, -0.2) is 4.98 Å². The monoisotopic (exact) mass is 290 g/mol. The van der Waals surface area contributed by atoms with Gasteiger partial charge in [-0.05, 0) is 22.4 Å². The Morgan fingerprint density at radius 2 is 2.33 bits per heavy atom. The first-order valence-corrected chi connectivity index (χ1v) is 5.84. The van der Waals surface area contributed by atoms with Crippen molar-refractivity contribution < 1.29 is 14.7 Å². The molecule has 1 amide bonds. The van der Waals surface area contributed by atoms with E-state index < -0.39 is 17.8 Å². The van der Waals surface area contributed by atoms with Gasteiger partial charge in [0.05, 0.1) is 21.8 Å². The molecule has 1 aliphatic rings. The minimum absolute atomic E-state index is 0.260. The van der Waals surface area contributed by atoms with Crippen molar-refractivity contribution in [2.45, 2.75) is 6.42 Å². The number of nitrogens with zero attached hydrogens (tertiary/aromatic N) is 1. The number of thiazole rings is 1. The van der Waals surface area contributed by atoms with Gasteiger partial charge in [0, 0.05) is 0 Å². The molecule has 0 aliphatic heterocycles. The Morgan fingerprint density at radius 3 is 2.80 bits per heavy atom. The zero-order valence-electron chi connectivity index (χ0n) is 7.44. The molecule has 80 valence electrons. The van der Waals surface area contributed by atoms with Crippen molar-refractivity contribution in [3.05, 3.63) is 9.98 Å². The van der Waals surface area contributed by atoms with Crippen LogP contribution in [-0.4, -0.2) is 22.0 Å². The Labute approximate surface area is 97.6 Å². The lowest BCUT2D eigenvalue weighted by molar-refractivity contribution is -0.139. The van der Waals surface area contributed by atoms with Crippen LogP contribution in [-0.2, 0) is 9.59 Å². The van der Waals surface area contributed by atoms with Crippen molar-refractivity contribution in [3.8, 4) is 0 Å². The SMILES string of the molecule is O=C(O)[C@H]1C[C@@H]1C(=O)Nc1ncc(Br)s1. The van der Waals surface area contributed by atoms with Gasteiger partial charge >= 0.3 is 5.97 Å². The molecule has 15 heavy (non-hydrogen) atoms. The number of carboxylic acids is 1. The van der Waals surface area contributed by atoms with Gasteiger partial charge in [0.15, 0.2) is 5.13 Å². The van der Waals surface area contributed by atoms with Crippen molar-refractivity contribution in [3.63, 3.8) is 0 Å². The summed E-state index contributed by atoms with van der Waals surface area (Å²) in [6.07, 6.45) is 2.01. The lowest BCUT2D eigenvalue weighted by Crippen LogP contribution is -2.16. The second-order valence-corrected chi connectivity index (χ2v) is 5.66. The molecule has 1 aliphatic carbocycles. The third-order valence-electron chi connectivity index (χ3n) is 2.15. The van der Waals surface area contributed by atoms with Crippen molar-refractivity contribution in [2.24, 2.45) is 11.8 Å². The lowest BCUT2D eigenvalue weighted by atomic mass is 10.3. The number of aliphatic carboxylic acids is 1. The highest BCUT2D eigenvalue weighted by Gasteiger charge is 2.48. The quantitative estimate of drug-likeness (QED) is 0.886. The maximum atomic E-state index is 11.5. The van der Waals surface area contributed by atoms with E-state index in [0.717, 1.165) is 3.79 Å².